The first-order chi connectivity index (χ1) is 8.15. The van der Waals surface area contributed by atoms with E-state index in [0.717, 1.165) is 23.5 Å². The number of rotatable bonds is 3. The minimum Gasteiger partial charge on any atom is -0.296 e. The van der Waals surface area contributed by atoms with Crippen molar-refractivity contribution in [3.05, 3.63) is 23.4 Å². The number of anilines is 1. The maximum Gasteiger partial charge on any atom is 0.228 e. The first-order valence-electron chi connectivity index (χ1n) is 5.98. The number of aromatic nitrogens is 1. The van der Waals surface area contributed by atoms with Crippen LogP contribution in [-0.4, -0.2) is 23.3 Å². The van der Waals surface area contributed by atoms with E-state index >= 15 is 0 Å². The maximum atomic E-state index is 12.0. The van der Waals surface area contributed by atoms with Crippen molar-refractivity contribution in [3.8, 4) is 0 Å². The van der Waals surface area contributed by atoms with Crippen LogP contribution in [0.25, 0.3) is 0 Å². The Kier molecular flexibility index (Phi) is 3.67. The SMILES string of the molecule is CCc1ccc(C)nc1N1CC(CCl)CC1=O. The van der Waals surface area contributed by atoms with Crippen molar-refractivity contribution >= 4 is 23.3 Å². The number of carbonyl (C=O) groups is 1. The lowest BCUT2D eigenvalue weighted by Crippen LogP contribution is -2.27. The summed E-state index contributed by atoms with van der Waals surface area (Å²) in [6.07, 6.45) is 1.43. The van der Waals surface area contributed by atoms with Crippen molar-refractivity contribution in [1.29, 1.82) is 0 Å². The van der Waals surface area contributed by atoms with E-state index in [1.165, 1.54) is 0 Å². The fourth-order valence-corrected chi connectivity index (χ4v) is 2.38. The van der Waals surface area contributed by atoms with Gasteiger partial charge in [-0.3, -0.25) is 9.69 Å². The van der Waals surface area contributed by atoms with Crippen LogP contribution in [0.4, 0.5) is 5.82 Å². The van der Waals surface area contributed by atoms with Crippen molar-refractivity contribution < 1.29 is 4.79 Å². The topological polar surface area (TPSA) is 33.2 Å². The van der Waals surface area contributed by atoms with Crippen LogP contribution < -0.4 is 4.90 Å². The molecule has 0 spiro atoms. The lowest BCUT2D eigenvalue weighted by Gasteiger charge is -2.19. The van der Waals surface area contributed by atoms with E-state index in [4.69, 9.17) is 11.6 Å². The lowest BCUT2D eigenvalue weighted by molar-refractivity contribution is -0.117. The number of hydrogen-bond acceptors (Lipinski definition) is 2. The van der Waals surface area contributed by atoms with Gasteiger partial charge in [0.25, 0.3) is 0 Å². The van der Waals surface area contributed by atoms with Gasteiger partial charge in [-0.05, 0) is 30.9 Å². The molecule has 0 radical (unpaired) electrons. The third-order valence-corrected chi connectivity index (χ3v) is 3.59. The molecule has 1 aliphatic rings. The summed E-state index contributed by atoms with van der Waals surface area (Å²) in [4.78, 5) is 18.2. The van der Waals surface area contributed by atoms with Crippen molar-refractivity contribution in [2.24, 2.45) is 5.92 Å². The lowest BCUT2D eigenvalue weighted by atomic mass is 10.1. The molecule has 1 aromatic rings. The molecule has 0 N–H and O–H groups in total. The number of pyridine rings is 1. The van der Waals surface area contributed by atoms with E-state index in [0.29, 0.717) is 18.8 Å². The highest BCUT2D eigenvalue weighted by atomic mass is 35.5. The summed E-state index contributed by atoms with van der Waals surface area (Å²) in [5, 5.41) is 0. The van der Waals surface area contributed by atoms with Crippen LogP contribution in [0.3, 0.4) is 0 Å². The molecule has 1 aromatic heterocycles. The molecule has 0 bridgehead atoms. The average Bonchev–Trinajstić information content (AvgIpc) is 2.70. The summed E-state index contributed by atoms with van der Waals surface area (Å²) in [6.45, 7) is 4.73. The molecule has 1 saturated heterocycles. The number of halogens is 1. The van der Waals surface area contributed by atoms with Crippen LogP contribution in [0.1, 0.15) is 24.6 Å². The molecule has 1 amide bonds. The van der Waals surface area contributed by atoms with Crippen molar-refractivity contribution in [3.63, 3.8) is 0 Å². The molecule has 0 saturated carbocycles. The molecule has 92 valence electrons. The Hall–Kier alpha value is -1.09. The van der Waals surface area contributed by atoms with Crippen LogP contribution >= 0.6 is 11.6 Å². The van der Waals surface area contributed by atoms with Crippen LogP contribution in [0.5, 0.6) is 0 Å². The molecule has 1 aliphatic heterocycles. The maximum absolute atomic E-state index is 12.0. The van der Waals surface area contributed by atoms with Gasteiger partial charge in [-0.15, -0.1) is 11.6 Å². The molecule has 4 heteroatoms. The second-order valence-electron chi connectivity index (χ2n) is 4.52. The fraction of sp³-hybridized carbons (Fsp3) is 0.538. The standard InChI is InChI=1S/C13H17ClN2O/c1-3-11-5-4-9(2)15-13(11)16-8-10(7-14)6-12(16)17/h4-5,10H,3,6-8H2,1-2H3. The zero-order valence-corrected chi connectivity index (χ0v) is 11.0. The number of hydrogen-bond donors (Lipinski definition) is 0. The summed E-state index contributed by atoms with van der Waals surface area (Å²) in [5.41, 5.74) is 2.07. The Balaban J connectivity index is 2.33. The molecule has 2 heterocycles. The van der Waals surface area contributed by atoms with Gasteiger partial charge in [0.15, 0.2) is 0 Å². The van der Waals surface area contributed by atoms with Gasteiger partial charge >= 0.3 is 0 Å². The highest BCUT2D eigenvalue weighted by Crippen LogP contribution is 2.27. The minimum absolute atomic E-state index is 0.142. The van der Waals surface area contributed by atoms with E-state index in [1.807, 2.05) is 13.0 Å². The normalized spacial score (nSPS) is 20.1. The zero-order chi connectivity index (χ0) is 12.4. The van der Waals surface area contributed by atoms with Gasteiger partial charge in [-0.25, -0.2) is 4.98 Å². The molecular formula is C13H17ClN2O. The molecule has 0 aliphatic carbocycles. The summed E-state index contributed by atoms with van der Waals surface area (Å²) in [7, 11) is 0. The van der Waals surface area contributed by atoms with Gasteiger partial charge < -0.3 is 0 Å². The van der Waals surface area contributed by atoms with Gasteiger partial charge in [0.1, 0.15) is 5.82 Å². The number of alkyl halides is 1. The Bertz CT molecular complexity index is 433. The average molecular weight is 253 g/mol. The van der Waals surface area contributed by atoms with Crippen molar-refractivity contribution in [1.82, 2.24) is 4.98 Å². The summed E-state index contributed by atoms with van der Waals surface area (Å²) in [5.74, 6) is 1.76. The molecule has 1 unspecified atom stereocenters. The van der Waals surface area contributed by atoms with E-state index in [-0.39, 0.29) is 11.8 Å². The Morgan fingerprint density at radius 3 is 2.88 bits per heavy atom. The highest BCUT2D eigenvalue weighted by molar-refractivity contribution is 6.18. The monoisotopic (exact) mass is 252 g/mol. The molecule has 2 rings (SSSR count). The van der Waals surface area contributed by atoms with Crippen LogP contribution in [0.15, 0.2) is 12.1 Å². The minimum atomic E-state index is 0.142. The number of aryl methyl sites for hydroxylation is 2. The summed E-state index contributed by atoms with van der Waals surface area (Å²) in [6, 6.07) is 4.04. The Labute approximate surface area is 107 Å². The smallest absolute Gasteiger partial charge is 0.228 e. The first-order valence-corrected chi connectivity index (χ1v) is 6.52. The van der Waals surface area contributed by atoms with Crippen LogP contribution in [0, 0.1) is 12.8 Å². The third kappa shape index (κ3) is 2.44. The van der Waals surface area contributed by atoms with Crippen molar-refractivity contribution in [2.45, 2.75) is 26.7 Å². The Morgan fingerprint density at radius 2 is 2.29 bits per heavy atom. The van der Waals surface area contributed by atoms with E-state index in [1.54, 1.807) is 4.90 Å². The van der Waals surface area contributed by atoms with Crippen molar-refractivity contribution in [2.75, 3.05) is 17.3 Å². The second-order valence-corrected chi connectivity index (χ2v) is 4.83. The van der Waals surface area contributed by atoms with E-state index < -0.39 is 0 Å². The predicted octanol–water partition coefficient (Wildman–Crippen LogP) is 2.54. The molecule has 1 atom stereocenters. The predicted molar refractivity (Wildman–Crippen MR) is 69.5 cm³/mol. The number of amides is 1. The Morgan fingerprint density at radius 1 is 1.53 bits per heavy atom. The molecule has 1 fully saturated rings. The molecular weight excluding hydrogens is 236 g/mol. The van der Waals surface area contributed by atoms with Gasteiger partial charge in [0, 0.05) is 24.5 Å². The number of nitrogens with zero attached hydrogens (tertiary/aromatic N) is 2. The van der Waals surface area contributed by atoms with Gasteiger partial charge in [-0.1, -0.05) is 13.0 Å². The quantitative estimate of drug-likeness (QED) is 0.775. The van der Waals surface area contributed by atoms with E-state index in [2.05, 4.69) is 18.0 Å². The second kappa shape index (κ2) is 5.05. The van der Waals surface area contributed by atoms with Gasteiger partial charge in [0.05, 0.1) is 0 Å². The number of carbonyl (C=O) groups excluding carboxylic acids is 1. The zero-order valence-electron chi connectivity index (χ0n) is 10.2. The molecule has 0 aromatic carbocycles. The van der Waals surface area contributed by atoms with Gasteiger partial charge in [-0.2, -0.15) is 0 Å². The van der Waals surface area contributed by atoms with E-state index in [9.17, 15) is 4.79 Å². The van der Waals surface area contributed by atoms with Gasteiger partial charge in [0.2, 0.25) is 5.91 Å². The first kappa shape index (κ1) is 12.4. The summed E-state index contributed by atoms with van der Waals surface area (Å²) < 4.78 is 0. The van der Waals surface area contributed by atoms with Crippen LogP contribution in [-0.2, 0) is 11.2 Å². The largest absolute Gasteiger partial charge is 0.296 e. The molecule has 17 heavy (non-hydrogen) atoms. The highest BCUT2D eigenvalue weighted by Gasteiger charge is 2.31. The fourth-order valence-electron chi connectivity index (χ4n) is 2.17. The van der Waals surface area contributed by atoms with Crippen LogP contribution in [0.2, 0.25) is 0 Å². The third-order valence-electron chi connectivity index (χ3n) is 3.16. The molecule has 3 nitrogen and oxygen atoms in total. The summed E-state index contributed by atoms with van der Waals surface area (Å²) >= 11 is 5.83.